The number of rotatable bonds is 7. The third-order valence-corrected chi connectivity index (χ3v) is 5.72. The number of nitrogens with zero attached hydrogens (tertiary/aromatic N) is 6. The van der Waals surface area contributed by atoms with Gasteiger partial charge >= 0.3 is 0 Å². The van der Waals surface area contributed by atoms with E-state index in [1.165, 1.54) is 0 Å². The molecule has 0 bridgehead atoms. The molecule has 1 atom stereocenters. The molecule has 1 aliphatic heterocycles. The van der Waals surface area contributed by atoms with Gasteiger partial charge < -0.3 is 29.4 Å². The van der Waals surface area contributed by atoms with Gasteiger partial charge in [0, 0.05) is 18.8 Å². The number of hydrogen-bond donors (Lipinski definition) is 2. The van der Waals surface area contributed by atoms with Crippen molar-refractivity contribution in [2.24, 2.45) is 0 Å². The first kappa shape index (κ1) is 20.1. The molecule has 5 rings (SSSR count). The summed E-state index contributed by atoms with van der Waals surface area (Å²) in [5.74, 6) is 3.16. The Hall–Kier alpha value is -3.79. The topological polar surface area (TPSA) is 102 Å². The van der Waals surface area contributed by atoms with Crippen LogP contribution in [0.5, 0.6) is 11.5 Å². The van der Waals surface area contributed by atoms with Gasteiger partial charge in [0.25, 0.3) is 0 Å². The van der Waals surface area contributed by atoms with E-state index < -0.39 is 0 Å². The summed E-state index contributed by atoms with van der Waals surface area (Å²) < 4.78 is 14.4. The number of ether oxygens (including phenoxy) is 2. The molecule has 1 aromatic carbocycles. The Morgan fingerprint density at radius 1 is 1.19 bits per heavy atom. The normalized spacial score (nSPS) is 16.0. The average Bonchev–Trinajstić information content (AvgIpc) is 3.58. The maximum atomic E-state index is 9.77. The molecule has 1 fully saturated rings. The Labute approximate surface area is 185 Å². The van der Waals surface area contributed by atoms with Crippen molar-refractivity contribution in [3.63, 3.8) is 0 Å². The van der Waals surface area contributed by atoms with Crippen molar-refractivity contribution in [1.82, 2.24) is 24.1 Å². The Morgan fingerprint density at radius 2 is 2.06 bits per heavy atom. The van der Waals surface area contributed by atoms with E-state index in [9.17, 15) is 5.11 Å². The fourth-order valence-corrected chi connectivity index (χ4v) is 4.12. The maximum Gasteiger partial charge on any atom is 0.248 e. The molecule has 0 unspecified atom stereocenters. The fraction of sp³-hybridized carbons (Fsp3) is 0.318. The van der Waals surface area contributed by atoms with Crippen LogP contribution in [0.25, 0.3) is 11.2 Å². The summed E-state index contributed by atoms with van der Waals surface area (Å²) in [6, 6.07) is 9.65. The second-order valence-corrected chi connectivity index (χ2v) is 7.60. The summed E-state index contributed by atoms with van der Waals surface area (Å²) in [4.78, 5) is 11.4. The minimum Gasteiger partial charge on any atom is -0.493 e. The molecular weight excluding hydrogens is 410 g/mol. The quantitative estimate of drug-likeness (QED) is 0.457. The van der Waals surface area contributed by atoms with Gasteiger partial charge in [0.15, 0.2) is 23.1 Å². The lowest BCUT2D eigenvalue weighted by atomic mass is 10.2. The molecular formula is C22H25N7O3. The lowest BCUT2D eigenvalue weighted by Gasteiger charge is -2.25. The van der Waals surface area contributed by atoms with Gasteiger partial charge in [0.05, 0.1) is 38.8 Å². The number of anilines is 3. The number of fused-ring (bicyclic) bond motifs is 1. The Kier molecular flexibility index (Phi) is 5.28. The molecule has 4 aromatic rings. The second kappa shape index (κ2) is 8.39. The number of nitrogens with one attached hydrogen (secondary N) is 1. The first-order valence-electron chi connectivity index (χ1n) is 10.5. The zero-order chi connectivity index (χ0) is 22.1. The Bertz CT molecular complexity index is 1240. The van der Waals surface area contributed by atoms with Crippen LogP contribution >= 0.6 is 0 Å². The van der Waals surface area contributed by atoms with Gasteiger partial charge in [-0.3, -0.25) is 0 Å². The number of aliphatic hydroxyl groups is 1. The summed E-state index contributed by atoms with van der Waals surface area (Å²) in [5, 5.41) is 17.5. The minimum atomic E-state index is 0.0701. The molecule has 2 N–H and O–H groups in total. The van der Waals surface area contributed by atoms with Gasteiger partial charge in [0.1, 0.15) is 11.8 Å². The molecule has 0 saturated carbocycles. The monoisotopic (exact) mass is 435 g/mol. The van der Waals surface area contributed by atoms with Gasteiger partial charge in [-0.15, -0.1) is 5.10 Å². The van der Waals surface area contributed by atoms with Crippen LogP contribution in [0, 0.1) is 0 Å². The molecule has 0 amide bonds. The molecule has 1 aliphatic rings. The van der Waals surface area contributed by atoms with Gasteiger partial charge in [0.2, 0.25) is 5.95 Å². The van der Waals surface area contributed by atoms with Crippen LogP contribution in [0.2, 0.25) is 0 Å². The van der Waals surface area contributed by atoms with Crippen molar-refractivity contribution in [3.05, 3.63) is 49.1 Å². The van der Waals surface area contributed by atoms with Gasteiger partial charge in [-0.1, -0.05) is 0 Å². The number of aromatic nitrogens is 5. The first-order valence-corrected chi connectivity index (χ1v) is 10.5. The smallest absolute Gasteiger partial charge is 0.248 e. The number of hydrogen-bond acceptors (Lipinski definition) is 8. The molecule has 3 aromatic heterocycles. The summed E-state index contributed by atoms with van der Waals surface area (Å²) in [6.45, 7) is 0.964. The van der Waals surface area contributed by atoms with Crippen LogP contribution in [0.4, 0.5) is 17.6 Å². The van der Waals surface area contributed by atoms with Crippen LogP contribution in [-0.2, 0) is 0 Å². The number of methoxy groups -OCH3 is 2. The highest BCUT2D eigenvalue weighted by molar-refractivity contribution is 5.71. The molecule has 10 nitrogen and oxygen atoms in total. The van der Waals surface area contributed by atoms with E-state index in [-0.39, 0.29) is 12.6 Å². The maximum absolute atomic E-state index is 9.77. The van der Waals surface area contributed by atoms with Gasteiger partial charge in [-0.2, -0.15) is 4.98 Å². The van der Waals surface area contributed by atoms with Crippen LogP contribution < -0.4 is 19.7 Å². The Balaban J connectivity index is 1.44. The zero-order valence-electron chi connectivity index (χ0n) is 18.0. The van der Waals surface area contributed by atoms with E-state index in [1.807, 2.05) is 47.3 Å². The molecule has 0 aliphatic carbocycles. The van der Waals surface area contributed by atoms with Crippen molar-refractivity contribution < 1.29 is 14.6 Å². The molecule has 1 saturated heterocycles. The van der Waals surface area contributed by atoms with Crippen molar-refractivity contribution in [3.8, 4) is 17.2 Å². The fourth-order valence-electron chi connectivity index (χ4n) is 4.12. The standard InChI is InChI=1S/C22H25N7O3/c1-31-18-8-7-15(11-19(18)32-2)27-12-20(23-14-27)24-22-25-21(17-6-4-10-29(17)26-22)28-9-3-5-16(28)13-30/h4,6-8,10-12,14,16,30H,3,5,9,13H2,1-2H3,(H,24,26)/t16-/m0/s1. The second-order valence-electron chi connectivity index (χ2n) is 7.60. The summed E-state index contributed by atoms with van der Waals surface area (Å²) in [7, 11) is 3.22. The highest BCUT2D eigenvalue weighted by Gasteiger charge is 2.27. The molecule has 0 radical (unpaired) electrons. The lowest BCUT2D eigenvalue weighted by molar-refractivity contribution is 0.266. The highest BCUT2D eigenvalue weighted by atomic mass is 16.5. The van der Waals surface area contributed by atoms with Crippen molar-refractivity contribution in [2.45, 2.75) is 18.9 Å². The van der Waals surface area contributed by atoms with E-state index in [2.05, 4.69) is 20.3 Å². The molecule has 10 heteroatoms. The van der Waals surface area contributed by atoms with E-state index in [4.69, 9.17) is 14.5 Å². The zero-order valence-corrected chi connectivity index (χ0v) is 18.0. The van der Waals surface area contributed by atoms with Gasteiger partial charge in [-0.25, -0.2) is 9.50 Å². The minimum absolute atomic E-state index is 0.0701. The summed E-state index contributed by atoms with van der Waals surface area (Å²) in [5.41, 5.74) is 1.79. The predicted octanol–water partition coefficient (Wildman–Crippen LogP) is 2.64. The molecule has 32 heavy (non-hydrogen) atoms. The predicted molar refractivity (Wildman–Crippen MR) is 120 cm³/mol. The average molecular weight is 435 g/mol. The molecule has 0 spiro atoms. The Morgan fingerprint density at radius 3 is 2.88 bits per heavy atom. The SMILES string of the molecule is COc1ccc(-n2cnc(Nc3nc(N4CCC[C@H]4CO)c4cccn4n3)c2)cc1OC. The first-order chi connectivity index (χ1) is 15.7. The number of benzene rings is 1. The van der Waals surface area contributed by atoms with E-state index in [1.54, 1.807) is 25.1 Å². The van der Waals surface area contributed by atoms with E-state index in [0.717, 1.165) is 36.4 Å². The summed E-state index contributed by atoms with van der Waals surface area (Å²) in [6.07, 6.45) is 7.43. The van der Waals surface area contributed by atoms with Crippen LogP contribution in [0.1, 0.15) is 12.8 Å². The summed E-state index contributed by atoms with van der Waals surface area (Å²) >= 11 is 0. The lowest BCUT2D eigenvalue weighted by Crippen LogP contribution is -2.33. The molecule has 166 valence electrons. The van der Waals surface area contributed by atoms with Crippen LogP contribution in [-0.4, -0.2) is 62.7 Å². The highest BCUT2D eigenvalue weighted by Crippen LogP contribution is 2.30. The number of aliphatic hydroxyl groups excluding tert-OH is 1. The largest absolute Gasteiger partial charge is 0.493 e. The third-order valence-electron chi connectivity index (χ3n) is 5.72. The van der Waals surface area contributed by atoms with Crippen molar-refractivity contribution in [2.75, 3.05) is 37.6 Å². The third kappa shape index (κ3) is 3.58. The van der Waals surface area contributed by atoms with Crippen LogP contribution in [0.15, 0.2) is 49.1 Å². The van der Waals surface area contributed by atoms with Gasteiger partial charge in [-0.05, 0) is 37.1 Å². The van der Waals surface area contributed by atoms with Crippen molar-refractivity contribution >= 4 is 23.1 Å². The number of imidazole rings is 1. The van der Waals surface area contributed by atoms with Crippen LogP contribution in [0.3, 0.4) is 0 Å². The van der Waals surface area contributed by atoms with Crippen molar-refractivity contribution in [1.29, 1.82) is 0 Å². The molecule has 4 heterocycles. The van der Waals surface area contributed by atoms with E-state index >= 15 is 0 Å². The van der Waals surface area contributed by atoms with E-state index in [0.29, 0.717) is 23.3 Å².